The van der Waals surface area contributed by atoms with Crippen LogP contribution in [0, 0.1) is 5.92 Å². The Hall–Kier alpha value is -3.58. The van der Waals surface area contributed by atoms with Crippen molar-refractivity contribution in [1.29, 1.82) is 0 Å². The highest BCUT2D eigenvalue weighted by molar-refractivity contribution is 5.88. The predicted octanol–water partition coefficient (Wildman–Crippen LogP) is 8.12. The van der Waals surface area contributed by atoms with Crippen LogP contribution in [0.2, 0.25) is 0 Å². The lowest BCUT2D eigenvalue weighted by atomic mass is 9.90. The molecule has 32 heavy (non-hydrogen) atoms. The van der Waals surface area contributed by atoms with E-state index in [0.717, 1.165) is 35.2 Å². The van der Waals surface area contributed by atoms with Crippen LogP contribution in [-0.2, 0) is 0 Å². The largest absolute Gasteiger partial charge is 0.341 e. The van der Waals surface area contributed by atoms with Gasteiger partial charge in [0.2, 0.25) is 0 Å². The summed E-state index contributed by atoms with van der Waals surface area (Å²) in [6, 6.07) is 15.6. The molecule has 1 atom stereocenters. The van der Waals surface area contributed by atoms with Gasteiger partial charge in [0.1, 0.15) is 0 Å². The SMILES string of the molecule is C=C1/C=C\C=C/C(=C)c2cc(-c3ccc(N4C/C=C\C=C/CC5=C4C5CC)cc3)ccc21. The molecule has 2 aliphatic carbocycles. The lowest BCUT2D eigenvalue weighted by molar-refractivity contribution is 0.780. The molecular formula is C31H29N. The normalized spacial score (nSPS) is 23.7. The van der Waals surface area contributed by atoms with Gasteiger partial charge in [-0.15, -0.1) is 0 Å². The van der Waals surface area contributed by atoms with Gasteiger partial charge in [-0.1, -0.05) is 93.0 Å². The van der Waals surface area contributed by atoms with Gasteiger partial charge in [-0.3, -0.25) is 0 Å². The molecule has 1 aliphatic heterocycles. The van der Waals surface area contributed by atoms with Crippen molar-refractivity contribution in [2.24, 2.45) is 5.92 Å². The van der Waals surface area contributed by atoms with E-state index in [2.05, 4.69) is 104 Å². The summed E-state index contributed by atoms with van der Waals surface area (Å²) in [6.07, 6.45) is 19.3. The molecule has 1 heterocycles. The maximum absolute atomic E-state index is 4.27. The first-order valence-corrected chi connectivity index (χ1v) is 11.5. The zero-order chi connectivity index (χ0) is 22.1. The van der Waals surface area contributed by atoms with Crippen molar-refractivity contribution in [1.82, 2.24) is 0 Å². The molecule has 0 saturated heterocycles. The standard InChI is InChI=1S/C31H29N/c1-4-27-29-13-7-5-6-10-20-32(31(27)29)26-17-14-24(15-18-26)25-16-19-28-22(2)11-8-9-12-23(3)30(28)21-25/h5-12,14-19,21,27H,2-4,13,20H2,1H3/b7-5-,10-6-,11-8-,12-9-. The Bertz CT molecular complexity index is 1230. The van der Waals surface area contributed by atoms with Crippen LogP contribution in [0.4, 0.5) is 5.69 Å². The number of benzene rings is 2. The van der Waals surface area contributed by atoms with E-state index in [-0.39, 0.29) is 0 Å². The Morgan fingerprint density at radius 2 is 1.50 bits per heavy atom. The monoisotopic (exact) mass is 415 g/mol. The van der Waals surface area contributed by atoms with Gasteiger partial charge in [-0.05, 0) is 70.0 Å². The minimum atomic E-state index is 0.640. The summed E-state index contributed by atoms with van der Waals surface area (Å²) >= 11 is 0. The van der Waals surface area contributed by atoms with Gasteiger partial charge < -0.3 is 4.90 Å². The van der Waals surface area contributed by atoms with E-state index in [4.69, 9.17) is 0 Å². The van der Waals surface area contributed by atoms with Crippen LogP contribution < -0.4 is 4.90 Å². The molecule has 0 saturated carbocycles. The molecule has 1 nitrogen and oxygen atoms in total. The Kier molecular flexibility index (Phi) is 5.41. The van der Waals surface area contributed by atoms with E-state index in [1.54, 1.807) is 5.57 Å². The maximum Gasteiger partial charge on any atom is 0.0412 e. The number of hydrogen-bond donors (Lipinski definition) is 0. The molecular weight excluding hydrogens is 386 g/mol. The molecule has 0 amide bonds. The molecule has 0 spiro atoms. The minimum absolute atomic E-state index is 0.640. The highest BCUT2D eigenvalue weighted by Gasteiger charge is 2.38. The molecule has 2 aromatic rings. The third-order valence-corrected chi connectivity index (χ3v) is 6.63. The topological polar surface area (TPSA) is 3.24 Å². The average Bonchev–Trinajstić information content (AvgIpc) is 3.50. The fraction of sp³-hybridized carbons (Fsp3) is 0.161. The van der Waals surface area contributed by atoms with Crippen molar-refractivity contribution in [2.75, 3.05) is 11.4 Å². The van der Waals surface area contributed by atoms with Crippen LogP contribution in [0.3, 0.4) is 0 Å². The predicted molar refractivity (Wildman–Crippen MR) is 139 cm³/mol. The molecule has 0 bridgehead atoms. The van der Waals surface area contributed by atoms with Crippen LogP contribution in [0.15, 0.2) is 116 Å². The maximum atomic E-state index is 4.27. The van der Waals surface area contributed by atoms with E-state index in [1.807, 2.05) is 12.2 Å². The Labute approximate surface area is 191 Å². The zero-order valence-electron chi connectivity index (χ0n) is 18.7. The summed E-state index contributed by atoms with van der Waals surface area (Å²) in [6.45, 7) is 11.7. The molecule has 2 aromatic carbocycles. The van der Waals surface area contributed by atoms with Gasteiger partial charge in [0.15, 0.2) is 0 Å². The molecule has 0 aromatic heterocycles. The highest BCUT2D eigenvalue weighted by atomic mass is 15.2. The molecule has 1 unspecified atom stereocenters. The summed E-state index contributed by atoms with van der Waals surface area (Å²) in [4.78, 5) is 2.49. The fourth-order valence-electron chi connectivity index (χ4n) is 4.84. The number of fused-ring (bicyclic) bond motifs is 1. The average molecular weight is 416 g/mol. The Balaban J connectivity index is 1.46. The van der Waals surface area contributed by atoms with Gasteiger partial charge in [0, 0.05) is 23.8 Å². The third kappa shape index (κ3) is 3.76. The molecule has 158 valence electrons. The zero-order valence-corrected chi connectivity index (χ0v) is 18.7. The second kappa shape index (κ2) is 8.51. The van der Waals surface area contributed by atoms with E-state index in [0.29, 0.717) is 5.92 Å². The first-order chi connectivity index (χ1) is 15.7. The summed E-state index contributed by atoms with van der Waals surface area (Å²) in [5.41, 5.74) is 11.1. The van der Waals surface area contributed by atoms with Crippen LogP contribution >= 0.6 is 0 Å². The smallest absolute Gasteiger partial charge is 0.0412 e. The van der Waals surface area contributed by atoms with Crippen molar-refractivity contribution in [3.63, 3.8) is 0 Å². The molecule has 1 heteroatoms. The molecule has 3 aliphatic rings. The highest BCUT2D eigenvalue weighted by Crippen LogP contribution is 2.48. The molecule has 0 fully saturated rings. The first-order valence-electron chi connectivity index (χ1n) is 11.5. The summed E-state index contributed by atoms with van der Waals surface area (Å²) in [7, 11) is 0. The van der Waals surface area contributed by atoms with E-state index < -0.39 is 0 Å². The van der Waals surface area contributed by atoms with Crippen molar-refractivity contribution in [3.8, 4) is 11.1 Å². The van der Waals surface area contributed by atoms with Crippen molar-refractivity contribution in [3.05, 3.63) is 127 Å². The van der Waals surface area contributed by atoms with Crippen molar-refractivity contribution < 1.29 is 0 Å². The number of rotatable bonds is 3. The van der Waals surface area contributed by atoms with Crippen molar-refractivity contribution >= 4 is 16.8 Å². The molecule has 0 N–H and O–H groups in total. The van der Waals surface area contributed by atoms with Crippen molar-refractivity contribution in [2.45, 2.75) is 19.8 Å². The molecule has 0 radical (unpaired) electrons. The van der Waals surface area contributed by atoms with Crippen LogP contribution in [0.25, 0.3) is 22.3 Å². The number of nitrogens with zero attached hydrogens (tertiary/aromatic N) is 1. The number of anilines is 1. The number of hydrogen-bond acceptors (Lipinski definition) is 1. The summed E-state index contributed by atoms with van der Waals surface area (Å²) in [5, 5.41) is 0. The fourth-order valence-corrected chi connectivity index (χ4v) is 4.84. The van der Waals surface area contributed by atoms with Gasteiger partial charge in [-0.25, -0.2) is 0 Å². The van der Waals surface area contributed by atoms with Gasteiger partial charge >= 0.3 is 0 Å². The van der Waals surface area contributed by atoms with E-state index in [1.165, 1.54) is 28.9 Å². The first kappa shape index (κ1) is 20.3. The van der Waals surface area contributed by atoms with Gasteiger partial charge in [-0.2, -0.15) is 0 Å². The Morgan fingerprint density at radius 1 is 0.812 bits per heavy atom. The van der Waals surface area contributed by atoms with Crippen LogP contribution in [0.5, 0.6) is 0 Å². The summed E-state index contributed by atoms with van der Waals surface area (Å²) < 4.78 is 0. The minimum Gasteiger partial charge on any atom is -0.341 e. The second-order valence-corrected chi connectivity index (χ2v) is 8.62. The molecule has 5 rings (SSSR count). The number of allylic oxidation sites excluding steroid dienone is 11. The second-order valence-electron chi connectivity index (χ2n) is 8.62. The quantitative estimate of drug-likeness (QED) is 0.489. The van der Waals surface area contributed by atoms with Crippen LogP contribution in [-0.4, -0.2) is 6.54 Å². The summed E-state index contributed by atoms with van der Waals surface area (Å²) in [5.74, 6) is 0.640. The van der Waals surface area contributed by atoms with Gasteiger partial charge in [0.05, 0.1) is 0 Å². The Morgan fingerprint density at radius 3 is 2.25 bits per heavy atom. The van der Waals surface area contributed by atoms with E-state index >= 15 is 0 Å². The lowest BCUT2D eigenvalue weighted by Crippen LogP contribution is -2.19. The van der Waals surface area contributed by atoms with Gasteiger partial charge in [0.25, 0.3) is 0 Å². The lowest BCUT2D eigenvalue weighted by Gasteiger charge is -2.22. The third-order valence-electron chi connectivity index (χ3n) is 6.63. The van der Waals surface area contributed by atoms with Crippen LogP contribution in [0.1, 0.15) is 30.9 Å². The van der Waals surface area contributed by atoms with E-state index in [9.17, 15) is 0 Å².